The Labute approximate surface area is 124 Å². The SMILES string of the molecule is CCCS(=O)(=O)CCN1CC(C)(C2CC2)NCC1CC. The van der Waals surface area contributed by atoms with Crippen molar-refractivity contribution in [2.45, 2.75) is 58.0 Å². The van der Waals surface area contributed by atoms with E-state index in [-0.39, 0.29) is 5.54 Å². The fourth-order valence-electron chi connectivity index (χ4n) is 3.41. The van der Waals surface area contributed by atoms with Crippen LogP contribution in [0.15, 0.2) is 0 Å². The summed E-state index contributed by atoms with van der Waals surface area (Å²) in [4.78, 5) is 2.42. The van der Waals surface area contributed by atoms with Crippen LogP contribution in [-0.2, 0) is 9.84 Å². The van der Waals surface area contributed by atoms with Gasteiger partial charge >= 0.3 is 0 Å². The van der Waals surface area contributed by atoms with Crippen LogP contribution >= 0.6 is 0 Å². The first-order chi connectivity index (χ1) is 9.40. The van der Waals surface area contributed by atoms with Crippen LogP contribution in [0.3, 0.4) is 0 Å². The maximum absolute atomic E-state index is 11.9. The molecule has 0 aromatic heterocycles. The Bertz CT molecular complexity index is 420. The maximum atomic E-state index is 11.9. The first-order valence-corrected chi connectivity index (χ1v) is 9.92. The van der Waals surface area contributed by atoms with Gasteiger partial charge in [-0.25, -0.2) is 8.42 Å². The number of sulfone groups is 1. The molecule has 0 aromatic rings. The van der Waals surface area contributed by atoms with Crippen molar-refractivity contribution >= 4 is 9.84 Å². The van der Waals surface area contributed by atoms with Crippen LogP contribution in [0.4, 0.5) is 0 Å². The van der Waals surface area contributed by atoms with Gasteiger partial charge in [-0.1, -0.05) is 13.8 Å². The van der Waals surface area contributed by atoms with Crippen molar-refractivity contribution in [3.63, 3.8) is 0 Å². The molecule has 1 heterocycles. The van der Waals surface area contributed by atoms with Gasteiger partial charge in [0.2, 0.25) is 0 Å². The quantitative estimate of drug-likeness (QED) is 0.777. The van der Waals surface area contributed by atoms with E-state index in [0.29, 0.717) is 24.1 Å². The van der Waals surface area contributed by atoms with E-state index in [1.54, 1.807) is 0 Å². The molecular formula is C15H30N2O2S. The number of rotatable bonds is 7. The van der Waals surface area contributed by atoms with Gasteiger partial charge in [0.25, 0.3) is 0 Å². The third kappa shape index (κ3) is 3.95. The van der Waals surface area contributed by atoms with Crippen LogP contribution in [0, 0.1) is 5.92 Å². The topological polar surface area (TPSA) is 49.4 Å². The van der Waals surface area contributed by atoms with E-state index >= 15 is 0 Å². The highest BCUT2D eigenvalue weighted by Gasteiger charge is 2.45. The summed E-state index contributed by atoms with van der Waals surface area (Å²) in [6.45, 7) is 9.13. The molecule has 0 amide bonds. The Kier molecular flexibility index (Phi) is 5.14. The Morgan fingerprint density at radius 2 is 1.95 bits per heavy atom. The van der Waals surface area contributed by atoms with E-state index in [1.165, 1.54) is 12.8 Å². The van der Waals surface area contributed by atoms with Gasteiger partial charge in [0.05, 0.1) is 5.75 Å². The minimum absolute atomic E-state index is 0.195. The summed E-state index contributed by atoms with van der Waals surface area (Å²) < 4.78 is 23.9. The molecule has 1 aliphatic heterocycles. The zero-order valence-electron chi connectivity index (χ0n) is 13.2. The molecule has 2 unspecified atom stereocenters. The lowest BCUT2D eigenvalue weighted by Crippen LogP contribution is -2.64. The third-order valence-electron chi connectivity index (χ3n) is 4.94. The van der Waals surface area contributed by atoms with Crippen molar-refractivity contribution in [3.8, 4) is 0 Å². The Hall–Kier alpha value is -0.130. The molecule has 20 heavy (non-hydrogen) atoms. The molecule has 0 aromatic carbocycles. The molecule has 0 spiro atoms. The van der Waals surface area contributed by atoms with Crippen LogP contribution in [-0.4, -0.2) is 56.0 Å². The molecule has 1 aliphatic carbocycles. The Balaban J connectivity index is 1.95. The molecular weight excluding hydrogens is 272 g/mol. The van der Waals surface area contributed by atoms with Crippen molar-refractivity contribution < 1.29 is 8.42 Å². The average molecular weight is 302 g/mol. The zero-order chi connectivity index (χ0) is 14.8. The van der Waals surface area contributed by atoms with E-state index in [0.717, 1.165) is 31.8 Å². The lowest BCUT2D eigenvalue weighted by atomic mass is 9.90. The summed E-state index contributed by atoms with van der Waals surface area (Å²) in [7, 11) is -2.87. The van der Waals surface area contributed by atoms with E-state index in [4.69, 9.17) is 0 Å². The highest BCUT2D eigenvalue weighted by molar-refractivity contribution is 7.91. The van der Waals surface area contributed by atoms with Gasteiger partial charge in [-0.15, -0.1) is 0 Å². The standard InChI is InChI=1S/C15H30N2O2S/c1-4-9-20(18,19)10-8-17-12-15(3,13-6-7-13)16-11-14(17)5-2/h13-14,16H,4-12H2,1-3H3. The molecule has 4 nitrogen and oxygen atoms in total. The second kappa shape index (κ2) is 6.32. The van der Waals surface area contributed by atoms with Crippen molar-refractivity contribution in [2.24, 2.45) is 5.92 Å². The normalized spacial score (nSPS) is 32.5. The molecule has 2 aliphatic rings. The van der Waals surface area contributed by atoms with Gasteiger partial charge in [0, 0.05) is 37.0 Å². The minimum Gasteiger partial charge on any atom is -0.308 e. The van der Waals surface area contributed by atoms with Gasteiger partial charge in [0.1, 0.15) is 0 Å². The molecule has 1 saturated carbocycles. The molecule has 0 bridgehead atoms. The largest absolute Gasteiger partial charge is 0.308 e. The van der Waals surface area contributed by atoms with E-state index in [2.05, 4.69) is 24.1 Å². The van der Waals surface area contributed by atoms with Gasteiger partial charge < -0.3 is 5.32 Å². The highest BCUT2D eigenvalue weighted by Crippen LogP contribution is 2.41. The van der Waals surface area contributed by atoms with Gasteiger partial charge in [0.15, 0.2) is 9.84 Å². The summed E-state index contributed by atoms with van der Waals surface area (Å²) >= 11 is 0. The molecule has 1 N–H and O–H groups in total. The fraction of sp³-hybridized carbons (Fsp3) is 1.00. The maximum Gasteiger partial charge on any atom is 0.151 e. The second-order valence-electron chi connectivity index (χ2n) is 6.76. The number of hydrogen-bond acceptors (Lipinski definition) is 4. The van der Waals surface area contributed by atoms with Crippen molar-refractivity contribution in [2.75, 3.05) is 31.1 Å². The average Bonchev–Trinajstić information content (AvgIpc) is 3.21. The third-order valence-corrected chi connectivity index (χ3v) is 6.78. The Morgan fingerprint density at radius 3 is 2.50 bits per heavy atom. The summed E-state index contributed by atoms with van der Waals surface area (Å²) in [5.41, 5.74) is 0.195. The summed E-state index contributed by atoms with van der Waals surface area (Å²) in [5, 5.41) is 3.72. The van der Waals surface area contributed by atoms with Crippen LogP contribution < -0.4 is 5.32 Å². The van der Waals surface area contributed by atoms with Crippen molar-refractivity contribution in [1.82, 2.24) is 10.2 Å². The van der Waals surface area contributed by atoms with E-state index < -0.39 is 9.84 Å². The van der Waals surface area contributed by atoms with Gasteiger partial charge in [-0.05, 0) is 38.5 Å². The summed E-state index contributed by atoms with van der Waals surface area (Å²) in [6, 6.07) is 0.485. The van der Waals surface area contributed by atoms with Gasteiger partial charge in [-0.3, -0.25) is 4.90 Å². The molecule has 2 fully saturated rings. The molecule has 118 valence electrons. The lowest BCUT2D eigenvalue weighted by molar-refractivity contribution is 0.0784. The number of nitrogens with one attached hydrogen (secondary N) is 1. The monoisotopic (exact) mass is 302 g/mol. The first kappa shape index (κ1) is 16.2. The number of hydrogen-bond donors (Lipinski definition) is 1. The molecule has 5 heteroatoms. The van der Waals surface area contributed by atoms with Crippen LogP contribution in [0.5, 0.6) is 0 Å². The van der Waals surface area contributed by atoms with Crippen LogP contribution in [0.25, 0.3) is 0 Å². The van der Waals surface area contributed by atoms with Crippen LogP contribution in [0.2, 0.25) is 0 Å². The molecule has 0 radical (unpaired) electrons. The first-order valence-electron chi connectivity index (χ1n) is 8.09. The zero-order valence-corrected chi connectivity index (χ0v) is 14.0. The van der Waals surface area contributed by atoms with E-state index in [1.807, 2.05) is 6.92 Å². The lowest BCUT2D eigenvalue weighted by Gasteiger charge is -2.46. The highest BCUT2D eigenvalue weighted by atomic mass is 32.2. The van der Waals surface area contributed by atoms with Crippen molar-refractivity contribution in [1.29, 1.82) is 0 Å². The summed E-state index contributed by atoms with van der Waals surface area (Å²) in [5.74, 6) is 1.43. The smallest absolute Gasteiger partial charge is 0.151 e. The van der Waals surface area contributed by atoms with Crippen molar-refractivity contribution in [3.05, 3.63) is 0 Å². The van der Waals surface area contributed by atoms with E-state index in [9.17, 15) is 8.42 Å². The van der Waals surface area contributed by atoms with Gasteiger partial charge in [-0.2, -0.15) is 0 Å². The number of nitrogens with zero attached hydrogens (tertiary/aromatic N) is 1. The summed E-state index contributed by atoms with van der Waals surface area (Å²) in [6.07, 6.45) is 4.45. The fourth-order valence-corrected chi connectivity index (χ4v) is 4.75. The van der Waals surface area contributed by atoms with Crippen LogP contribution in [0.1, 0.15) is 46.5 Å². The Morgan fingerprint density at radius 1 is 1.25 bits per heavy atom. The molecule has 1 saturated heterocycles. The predicted molar refractivity (Wildman–Crippen MR) is 83.7 cm³/mol. The number of piperazine rings is 1. The molecule has 2 rings (SSSR count). The molecule has 2 atom stereocenters. The predicted octanol–water partition coefficient (Wildman–Crippen LogP) is 1.66. The minimum atomic E-state index is -2.87. The second-order valence-corrected chi connectivity index (χ2v) is 9.06.